The first-order valence-corrected chi connectivity index (χ1v) is 6.23. The summed E-state index contributed by atoms with van der Waals surface area (Å²) >= 11 is 6.13. The summed E-state index contributed by atoms with van der Waals surface area (Å²) in [6, 6.07) is 6.02. The van der Waals surface area contributed by atoms with E-state index in [0.717, 1.165) is 24.8 Å². The van der Waals surface area contributed by atoms with Crippen LogP contribution in [0, 0.1) is 5.41 Å². The second-order valence-electron chi connectivity index (χ2n) is 4.85. The fraction of sp³-hybridized carbons (Fsp3) is 0.538. The molecule has 0 bridgehead atoms. The fourth-order valence-electron chi connectivity index (χ4n) is 2.09. The van der Waals surface area contributed by atoms with Crippen LogP contribution in [0.4, 0.5) is 13.2 Å². The average Bonchev–Trinajstić information content (AvgIpc) is 3.00. The highest BCUT2D eigenvalue weighted by atomic mass is 35.5. The van der Waals surface area contributed by atoms with Crippen molar-refractivity contribution in [1.82, 2.24) is 0 Å². The molecule has 100 valence electrons. The number of benzene rings is 1. The Bertz CT molecular complexity index is 407. The van der Waals surface area contributed by atoms with E-state index in [2.05, 4.69) is 4.74 Å². The van der Waals surface area contributed by atoms with Crippen LogP contribution in [0.5, 0.6) is 5.75 Å². The molecular formula is C13H14ClF3O. The molecule has 1 aliphatic rings. The highest BCUT2D eigenvalue weighted by molar-refractivity contribution is 6.21. The minimum absolute atomic E-state index is 0.0867. The molecule has 1 atom stereocenters. The van der Waals surface area contributed by atoms with E-state index in [9.17, 15) is 13.2 Å². The van der Waals surface area contributed by atoms with E-state index in [4.69, 9.17) is 11.6 Å². The second kappa shape index (κ2) is 4.65. The first kappa shape index (κ1) is 13.5. The van der Waals surface area contributed by atoms with E-state index < -0.39 is 6.36 Å². The van der Waals surface area contributed by atoms with E-state index in [1.165, 1.54) is 12.1 Å². The van der Waals surface area contributed by atoms with Crippen LogP contribution in [0.1, 0.15) is 25.3 Å². The minimum Gasteiger partial charge on any atom is -0.406 e. The van der Waals surface area contributed by atoms with Crippen molar-refractivity contribution in [2.45, 2.75) is 37.9 Å². The molecule has 18 heavy (non-hydrogen) atoms. The maximum absolute atomic E-state index is 12.0. The summed E-state index contributed by atoms with van der Waals surface area (Å²) in [5, 5.41) is 0.0867. The summed E-state index contributed by atoms with van der Waals surface area (Å²) in [5.74, 6) is -0.185. The molecule has 0 aliphatic heterocycles. The highest BCUT2D eigenvalue weighted by Gasteiger charge is 2.46. The molecule has 1 unspecified atom stereocenters. The molecule has 1 aromatic carbocycles. The SMILES string of the molecule is CC(Cl)C1(Cc2ccc(OC(F)(F)F)cc2)CC1. The topological polar surface area (TPSA) is 9.23 Å². The Balaban J connectivity index is 2.00. The summed E-state index contributed by atoms with van der Waals surface area (Å²) in [7, 11) is 0. The number of hydrogen-bond acceptors (Lipinski definition) is 1. The van der Waals surface area contributed by atoms with Gasteiger partial charge in [0.15, 0.2) is 0 Å². The van der Waals surface area contributed by atoms with Crippen LogP contribution in [0.15, 0.2) is 24.3 Å². The number of halogens is 4. The van der Waals surface area contributed by atoms with Gasteiger partial charge in [-0.3, -0.25) is 0 Å². The first-order chi connectivity index (χ1) is 8.31. The molecule has 0 saturated heterocycles. The molecule has 5 heteroatoms. The van der Waals surface area contributed by atoms with Crippen LogP contribution >= 0.6 is 11.6 Å². The lowest BCUT2D eigenvalue weighted by atomic mass is 9.93. The Kier molecular flexibility index (Phi) is 3.49. The van der Waals surface area contributed by atoms with Crippen molar-refractivity contribution in [2.24, 2.45) is 5.41 Å². The predicted molar refractivity (Wildman–Crippen MR) is 63.8 cm³/mol. The number of ether oxygens (including phenoxy) is 1. The smallest absolute Gasteiger partial charge is 0.406 e. The largest absolute Gasteiger partial charge is 0.573 e. The van der Waals surface area contributed by atoms with Gasteiger partial charge in [-0.25, -0.2) is 0 Å². The molecule has 0 aromatic heterocycles. The van der Waals surface area contributed by atoms with Gasteiger partial charge in [0.05, 0.1) is 0 Å². The fourth-order valence-corrected chi connectivity index (χ4v) is 2.39. The maximum atomic E-state index is 12.0. The Hall–Kier alpha value is -0.900. The molecule has 0 spiro atoms. The average molecular weight is 279 g/mol. The summed E-state index contributed by atoms with van der Waals surface area (Å²) in [4.78, 5) is 0. The molecular weight excluding hydrogens is 265 g/mol. The third kappa shape index (κ3) is 3.31. The van der Waals surface area contributed by atoms with Gasteiger partial charge in [-0.1, -0.05) is 12.1 Å². The van der Waals surface area contributed by atoms with Gasteiger partial charge in [0.25, 0.3) is 0 Å². The Morgan fingerprint density at radius 3 is 2.22 bits per heavy atom. The van der Waals surface area contributed by atoms with Gasteiger partial charge >= 0.3 is 6.36 Å². The van der Waals surface area contributed by atoms with E-state index in [1.807, 2.05) is 6.92 Å². The maximum Gasteiger partial charge on any atom is 0.573 e. The van der Waals surface area contributed by atoms with Crippen LogP contribution in [0.2, 0.25) is 0 Å². The van der Waals surface area contributed by atoms with Gasteiger partial charge in [0, 0.05) is 5.38 Å². The monoisotopic (exact) mass is 278 g/mol. The van der Waals surface area contributed by atoms with Gasteiger partial charge in [0.1, 0.15) is 5.75 Å². The van der Waals surface area contributed by atoms with Gasteiger partial charge < -0.3 is 4.74 Å². The molecule has 0 N–H and O–H groups in total. The van der Waals surface area contributed by atoms with Crippen LogP contribution < -0.4 is 4.74 Å². The molecule has 1 aromatic rings. The van der Waals surface area contributed by atoms with Crippen molar-refractivity contribution < 1.29 is 17.9 Å². The van der Waals surface area contributed by atoms with Gasteiger partial charge in [-0.05, 0) is 49.3 Å². The lowest BCUT2D eigenvalue weighted by Gasteiger charge is -2.18. The molecule has 0 heterocycles. The highest BCUT2D eigenvalue weighted by Crippen LogP contribution is 2.53. The van der Waals surface area contributed by atoms with Crippen LogP contribution in [-0.2, 0) is 6.42 Å². The first-order valence-electron chi connectivity index (χ1n) is 5.80. The quantitative estimate of drug-likeness (QED) is 0.735. The zero-order valence-corrected chi connectivity index (χ0v) is 10.7. The van der Waals surface area contributed by atoms with Gasteiger partial charge in [-0.15, -0.1) is 24.8 Å². The predicted octanol–water partition coefficient (Wildman–Crippen LogP) is 4.54. The Labute approximate surface area is 109 Å². The summed E-state index contributed by atoms with van der Waals surface area (Å²) in [6.45, 7) is 1.97. The third-order valence-electron chi connectivity index (χ3n) is 3.45. The van der Waals surface area contributed by atoms with E-state index in [0.29, 0.717) is 0 Å². The zero-order chi connectivity index (χ0) is 13.4. The number of hydrogen-bond donors (Lipinski definition) is 0. The Morgan fingerprint density at radius 1 is 1.28 bits per heavy atom. The van der Waals surface area contributed by atoms with Crippen LogP contribution in [0.25, 0.3) is 0 Å². The summed E-state index contributed by atoms with van der Waals surface area (Å²) in [6.07, 6.45) is -1.66. The minimum atomic E-state index is -4.64. The zero-order valence-electron chi connectivity index (χ0n) is 9.93. The molecule has 0 radical (unpaired) electrons. The third-order valence-corrected chi connectivity index (χ3v) is 3.91. The molecule has 1 fully saturated rings. The van der Waals surface area contributed by atoms with Crippen molar-refractivity contribution in [3.05, 3.63) is 29.8 Å². The van der Waals surface area contributed by atoms with Crippen molar-refractivity contribution >= 4 is 11.6 Å². The lowest BCUT2D eigenvalue weighted by molar-refractivity contribution is -0.274. The van der Waals surface area contributed by atoms with Gasteiger partial charge in [0.2, 0.25) is 0 Å². The molecule has 1 saturated carbocycles. The van der Waals surface area contributed by atoms with E-state index in [-0.39, 0.29) is 16.5 Å². The standard InChI is InChI=1S/C13H14ClF3O/c1-9(14)12(6-7-12)8-10-2-4-11(5-3-10)18-13(15,16)17/h2-5,9H,6-8H2,1H3. The van der Waals surface area contributed by atoms with E-state index >= 15 is 0 Å². The second-order valence-corrected chi connectivity index (χ2v) is 5.50. The molecule has 1 nitrogen and oxygen atoms in total. The van der Waals surface area contributed by atoms with Crippen molar-refractivity contribution in [3.63, 3.8) is 0 Å². The molecule has 0 amide bonds. The van der Waals surface area contributed by atoms with Crippen molar-refractivity contribution in [1.29, 1.82) is 0 Å². The van der Waals surface area contributed by atoms with Gasteiger partial charge in [-0.2, -0.15) is 0 Å². The number of alkyl halides is 4. The lowest BCUT2D eigenvalue weighted by Crippen LogP contribution is -2.17. The molecule has 2 rings (SSSR count). The van der Waals surface area contributed by atoms with Crippen molar-refractivity contribution in [2.75, 3.05) is 0 Å². The summed E-state index contributed by atoms with van der Waals surface area (Å²) < 4.78 is 39.8. The van der Waals surface area contributed by atoms with Crippen LogP contribution in [0.3, 0.4) is 0 Å². The Morgan fingerprint density at radius 2 is 1.83 bits per heavy atom. The molecule has 1 aliphatic carbocycles. The van der Waals surface area contributed by atoms with E-state index in [1.54, 1.807) is 12.1 Å². The van der Waals surface area contributed by atoms with Crippen molar-refractivity contribution in [3.8, 4) is 5.75 Å². The van der Waals surface area contributed by atoms with Crippen LogP contribution in [-0.4, -0.2) is 11.7 Å². The summed E-state index contributed by atoms with van der Waals surface area (Å²) in [5.41, 5.74) is 1.13. The normalized spacial score (nSPS) is 19.4. The number of rotatable bonds is 4.